The first-order chi connectivity index (χ1) is 7.16. The Bertz CT molecular complexity index is 392. The van der Waals surface area contributed by atoms with Crippen LogP contribution >= 0.6 is 0 Å². The van der Waals surface area contributed by atoms with E-state index in [4.69, 9.17) is 5.11 Å². The number of carboxylic acid groups (broad SMARTS) is 1. The number of fused-ring (bicyclic) bond motifs is 1. The average Bonchev–Trinajstić information content (AvgIpc) is 2.39. The fourth-order valence-corrected chi connectivity index (χ4v) is 1.86. The van der Waals surface area contributed by atoms with Crippen molar-refractivity contribution < 1.29 is 14.3 Å². The van der Waals surface area contributed by atoms with Crippen LogP contribution in [0.5, 0.6) is 0 Å². The molecule has 0 amide bonds. The van der Waals surface area contributed by atoms with Crippen LogP contribution in [0.1, 0.15) is 12.0 Å². The highest BCUT2D eigenvalue weighted by molar-refractivity contribution is 5.71. The van der Waals surface area contributed by atoms with Crippen molar-refractivity contribution in [3.63, 3.8) is 0 Å². The molecule has 3 nitrogen and oxygen atoms in total. The van der Waals surface area contributed by atoms with Crippen molar-refractivity contribution in [1.29, 1.82) is 0 Å². The number of carbonyl (C=O) groups is 1. The molecule has 2 N–H and O–H groups in total. The molecule has 2 rings (SSSR count). The Balaban J connectivity index is 2.31. The first-order valence-corrected chi connectivity index (χ1v) is 4.92. The predicted molar refractivity (Wildman–Crippen MR) is 54.3 cm³/mol. The van der Waals surface area contributed by atoms with Crippen LogP contribution < -0.4 is 5.32 Å². The largest absolute Gasteiger partial charge is 0.481 e. The maximum Gasteiger partial charge on any atom is 0.306 e. The number of carboxylic acids is 1. The van der Waals surface area contributed by atoms with Crippen LogP contribution in [-0.2, 0) is 11.2 Å². The van der Waals surface area contributed by atoms with Gasteiger partial charge in [-0.05, 0) is 36.6 Å². The van der Waals surface area contributed by atoms with Gasteiger partial charge >= 0.3 is 5.97 Å². The van der Waals surface area contributed by atoms with Gasteiger partial charge in [0.25, 0.3) is 0 Å². The lowest BCUT2D eigenvalue weighted by Crippen LogP contribution is -2.16. The van der Waals surface area contributed by atoms with Gasteiger partial charge in [0.2, 0.25) is 0 Å². The van der Waals surface area contributed by atoms with Crippen molar-refractivity contribution in [2.45, 2.75) is 12.8 Å². The third-order valence-electron chi connectivity index (χ3n) is 2.69. The van der Waals surface area contributed by atoms with E-state index in [0.29, 0.717) is 19.4 Å². The number of aliphatic carboxylic acids is 1. The molecule has 1 atom stereocenters. The molecule has 15 heavy (non-hydrogen) atoms. The second-order valence-corrected chi connectivity index (χ2v) is 3.76. The zero-order valence-corrected chi connectivity index (χ0v) is 8.16. The minimum Gasteiger partial charge on any atom is -0.481 e. The van der Waals surface area contributed by atoms with Crippen molar-refractivity contribution in [3.8, 4) is 0 Å². The van der Waals surface area contributed by atoms with Gasteiger partial charge in [0.1, 0.15) is 5.82 Å². The van der Waals surface area contributed by atoms with Gasteiger partial charge in [-0.25, -0.2) is 4.39 Å². The summed E-state index contributed by atoms with van der Waals surface area (Å²) in [5.41, 5.74) is 1.60. The van der Waals surface area contributed by atoms with Crippen molar-refractivity contribution >= 4 is 11.7 Å². The van der Waals surface area contributed by atoms with Crippen molar-refractivity contribution in [1.82, 2.24) is 0 Å². The second kappa shape index (κ2) is 3.88. The highest BCUT2D eigenvalue weighted by Crippen LogP contribution is 2.25. The lowest BCUT2D eigenvalue weighted by atomic mass is 9.97. The third-order valence-corrected chi connectivity index (χ3v) is 2.69. The molecule has 1 aliphatic heterocycles. The van der Waals surface area contributed by atoms with E-state index in [1.807, 2.05) is 0 Å². The Morgan fingerprint density at radius 3 is 3.07 bits per heavy atom. The number of halogens is 1. The van der Waals surface area contributed by atoms with Crippen LogP contribution in [0.15, 0.2) is 18.2 Å². The molecule has 0 saturated carbocycles. The van der Waals surface area contributed by atoms with E-state index in [1.165, 1.54) is 12.1 Å². The minimum atomic E-state index is -0.811. The van der Waals surface area contributed by atoms with Crippen LogP contribution in [-0.4, -0.2) is 17.6 Å². The first kappa shape index (κ1) is 9.96. The van der Waals surface area contributed by atoms with Gasteiger partial charge in [-0.3, -0.25) is 4.79 Å². The normalized spacial score (nSPS) is 19.9. The molecule has 0 aromatic heterocycles. The maximum absolute atomic E-state index is 13.0. The molecule has 0 aliphatic carbocycles. The third kappa shape index (κ3) is 2.09. The van der Waals surface area contributed by atoms with E-state index in [1.54, 1.807) is 6.07 Å². The number of nitrogens with one attached hydrogen (secondary N) is 1. The molecule has 1 heterocycles. The molecule has 0 radical (unpaired) electrons. The Hall–Kier alpha value is -1.58. The molecule has 1 aliphatic rings. The summed E-state index contributed by atoms with van der Waals surface area (Å²) in [6.45, 7) is 0.621. The summed E-state index contributed by atoms with van der Waals surface area (Å²) in [6, 6.07) is 4.45. The van der Waals surface area contributed by atoms with Gasteiger partial charge in [0.05, 0.1) is 5.92 Å². The van der Waals surface area contributed by atoms with Crippen LogP contribution in [0.25, 0.3) is 0 Å². The van der Waals surface area contributed by atoms with Crippen LogP contribution in [0, 0.1) is 11.7 Å². The first-order valence-electron chi connectivity index (χ1n) is 4.92. The quantitative estimate of drug-likeness (QED) is 0.742. The summed E-state index contributed by atoms with van der Waals surface area (Å²) < 4.78 is 13.0. The Morgan fingerprint density at radius 1 is 1.53 bits per heavy atom. The SMILES string of the molecule is O=C(O)C1CCNc2ccc(F)cc2C1. The fourth-order valence-electron chi connectivity index (χ4n) is 1.86. The Labute approximate surface area is 86.9 Å². The van der Waals surface area contributed by atoms with Crippen LogP contribution in [0.3, 0.4) is 0 Å². The smallest absolute Gasteiger partial charge is 0.306 e. The topological polar surface area (TPSA) is 49.3 Å². The number of hydrogen-bond acceptors (Lipinski definition) is 2. The standard InChI is InChI=1S/C11H12FNO2/c12-9-1-2-10-8(6-9)5-7(11(14)15)3-4-13-10/h1-2,6-7,13H,3-5H2,(H,14,15). The summed E-state index contributed by atoms with van der Waals surface area (Å²) in [7, 11) is 0. The lowest BCUT2D eigenvalue weighted by molar-refractivity contribution is -0.141. The van der Waals surface area contributed by atoms with E-state index < -0.39 is 11.9 Å². The molecule has 0 saturated heterocycles. The van der Waals surface area contributed by atoms with E-state index in [0.717, 1.165) is 11.3 Å². The van der Waals surface area contributed by atoms with E-state index in [2.05, 4.69) is 5.32 Å². The predicted octanol–water partition coefficient (Wildman–Crippen LogP) is 1.88. The number of benzene rings is 1. The highest BCUT2D eigenvalue weighted by Gasteiger charge is 2.22. The average molecular weight is 209 g/mol. The highest BCUT2D eigenvalue weighted by atomic mass is 19.1. The van der Waals surface area contributed by atoms with Gasteiger partial charge < -0.3 is 10.4 Å². The molecule has 0 spiro atoms. The number of hydrogen-bond donors (Lipinski definition) is 2. The molecule has 80 valence electrons. The van der Waals surface area contributed by atoms with E-state index in [-0.39, 0.29) is 5.82 Å². The van der Waals surface area contributed by atoms with Gasteiger partial charge in [-0.1, -0.05) is 0 Å². The van der Waals surface area contributed by atoms with Crippen LogP contribution in [0.4, 0.5) is 10.1 Å². The zero-order chi connectivity index (χ0) is 10.8. The van der Waals surface area contributed by atoms with Gasteiger partial charge in [-0.2, -0.15) is 0 Å². The molecule has 1 aromatic carbocycles. The molecular weight excluding hydrogens is 197 g/mol. The summed E-state index contributed by atoms with van der Waals surface area (Å²) in [5, 5.41) is 12.0. The monoisotopic (exact) mass is 209 g/mol. The molecule has 0 bridgehead atoms. The molecular formula is C11H12FNO2. The summed E-state index contributed by atoms with van der Waals surface area (Å²) in [6.07, 6.45) is 0.973. The summed E-state index contributed by atoms with van der Waals surface area (Å²) in [5.74, 6) is -1.55. The van der Waals surface area contributed by atoms with Crippen molar-refractivity contribution in [3.05, 3.63) is 29.6 Å². The second-order valence-electron chi connectivity index (χ2n) is 3.76. The lowest BCUT2D eigenvalue weighted by Gasteiger charge is -2.08. The molecule has 1 unspecified atom stereocenters. The van der Waals surface area contributed by atoms with Gasteiger partial charge in [0.15, 0.2) is 0 Å². The zero-order valence-electron chi connectivity index (χ0n) is 8.16. The fraction of sp³-hybridized carbons (Fsp3) is 0.364. The summed E-state index contributed by atoms with van der Waals surface area (Å²) >= 11 is 0. The molecule has 4 heteroatoms. The van der Waals surface area contributed by atoms with Gasteiger partial charge in [-0.15, -0.1) is 0 Å². The van der Waals surface area contributed by atoms with Crippen molar-refractivity contribution in [2.24, 2.45) is 5.92 Å². The van der Waals surface area contributed by atoms with Crippen LogP contribution in [0.2, 0.25) is 0 Å². The van der Waals surface area contributed by atoms with E-state index in [9.17, 15) is 9.18 Å². The molecule has 0 fully saturated rings. The number of anilines is 1. The number of rotatable bonds is 1. The minimum absolute atomic E-state index is 0.318. The summed E-state index contributed by atoms with van der Waals surface area (Å²) in [4.78, 5) is 10.9. The Morgan fingerprint density at radius 2 is 2.33 bits per heavy atom. The maximum atomic E-state index is 13.0. The Kier molecular flexibility index (Phi) is 2.58. The molecule has 1 aromatic rings. The van der Waals surface area contributed by atoms with E-state index >= 15 is 0 Å². The van der Waals surface area contributed by atoms with Crippen molar-refractivity contribution in [2.75, 3.05) is 11.9 Å². The van der Waals surface area contributed by atoms with Gasteiger partial charge in [0, 0.05) is 12.2 Å².